The highest BCUT2D eigenvalue weighted by atomic mass is 16.5. The van der Waals surface area contributed by atoms with Crippen molar-refractivity contribution < 1.29 is 14.4 Å². The Kier molecular flexibility index (Phi) is 4.48. The van der Waals surface area contributed by atoms with E-state index in [1.165, 1.54) is 0 Å². The van der Waals surface area contributed by atoms with Gasteiger partial charge in [-0.1, -0.05) is 23.4 Å². The molecule has 6 heteroatoms. The van der Waals surface area contributed by atoms with Crippen LogP contribution in [0.2, 0.25) is 0 Å². The van der Waals surface area contributed by atoms with Crippen molar-refractivity contribution >= 4 is 0 Å². The van der Waals surface area contributed by atoms with Crippen LogP contribution in [0.3, 0.4) is 0 Å². The lowest BCUT2D eigenvalue weighted by Crippen LogP contribution is -2.23. The SMILES string of the molecule is C[C@@H](O)[C@H](N)c1nc(CCOc2ccccc2)no1. The highest BCUT2D eigenvalue weighted by molar-refractivity contribution is 5.20. The third kappa shape index (κ3) is 3.77. The van der Waals surface area contributed by atoms with Crippen molar-refractivity contribution in [2.45, 2.75) is 25.5 Å². The second-order valence-electron chi connectivity index (χ2n) is 4.23. The first-order valence-corrected chi connectivity index (χ1v) is 6.11. The maximum absolute atomic E-state index is 9.33. The van der Waals surface area contributed by atoms with Gasteiger partial charge in [-0.25, -0.2) is 0 Å². The van der Waals surface area contributed by atoms with Crippen LogP contribution in [-0.4, -0.2) is 28.0 Å². The van der Waals surface area contributed by atoms with Gasteiger partial charge in [0.25, 0.3) is 0 Å². The maximum atomic E-state index is 9.33. The second kappa shape index (κ2) is 6.31. The van der Waals surface area contributed by atoms with Crippen LogP contribution in [0.25, 0.3) is 0 Å². The predicted octanol–water partition coefficient (Wildman–Crippen LogP) is 1.07. The van der Waals surface area contributed by atoms with E-state index in [4.69, 9.17) is 15.0 Å². The van der Waals surface area contributed by atoms with Gasteiger partial charge in [0.2, 0.25) is 5.89 Å². The molecular weight excluding hydrogens is 246 g/mol. The van der Waals surface area contributed by atoms with Crippen LogP contribution >= 0.6 is 0 Å². The van der Waals surface area contributed by atoms with Crippen molar-refractivity contribution in [3.8, 4) is 5.75 Å². The number of ether oxygens (including phenoxy) is 1. The molecule has 0 bridgehead atoms. The average Bonchev–Trinajstić information content (AvgIpc) is 2.88. The summed E-state index contributed by atoms with van der Waals surface area (Å²) in [4.78, 5) is 4.12. The molecule has 1 aromatic carbocycles. The number of rotatable bonds is 6. The van der Waals surface area contributed by atoms with Gasteiger partial charge >= 0.3 is 0 Å². The molecule has 0 fully saturated rings. The largest absolute Gasteiger partial charge is 0.493 e. The van der Waals surface area contributed by atoms with Gasteiger partial charge < -0.3 is 20.1 Å². The molecule has 0 aliphatic rings. The van der Waals surface area contributed by atoms with Gasteiger partial charge in [0.05, 0.1) is 12.7 Å². The lowest BCUT2D eigenvalue weighted by molar-refractivity contribution is 0.146. The number of aromatic nitrogens is 2. The highest BCUT2D eigenvalue weighted by Crippen LogP contribution is 2.12. The molecule has 1 aromatic heterocycles. The summed E-state index contributed by atoms with van der Waals surface area (Å²) in [5.74, 6) is 1.55. The fourth-order valence-corrected chi connectivity index (χ4v) is 1.49. The van der Waals surface area contributed by atoms with E-state index in [0.29, 0.717) is 18.9 Å². The van der Waals surface area contributed by atoms with Crippen molar-refractivity contribution in [2.24, 2.45) is 5.73 Å². The topological polar surface area (TPSA) is 94.4 Å². The van der Waals surface area contributed by atoms with Crippen LogP contribution in [0.4, 0.5) is 0 Å². The molecule has 2 aromatic rings. The van der Waals surface area contributed by atoms with Crippen molar-refractivity contribution in [3.63, 3.8) is 0 Å². The molecule has 0 aliphatic carbocycles. The summed E-state index contributed by atoms with van der Waals surface area (Å²) < 4.78 is 10.5. The number of hydrogen-bond acceptors (Lipinski definition) is 6. The molecule has 3 N–H and O–H groups in total. The van der Waals surface area contributed by atoms with Crippen LogP contribution in [0.5, 0.6) is 5.75 Å². The fraction of sp³-hybridized carbons (Fsp3) is 0.385. The zero-order valence-corrected chi connectivity index (χ0v) is 10.7. The molecule has 0 saturated heterocycles. The van der Waals surface area contributed by atoms with Gasteiger partial charge in [-0.3, -0.25) is 0 Å². The van der Waals surface area contributed by atoms with Gasteiger partial charge in [0.1, 0.15) is 11.8 Å². The van der Waals surface area contributed by atoms with Crippen LogP contribution in [0.15, 0.2) is 34.9 Å². The monoisotopic (exact) mass is 263 g/mol. The van der Waals surface area contributed by atoms with E-state index >= 15 is 0 Å². The molecule has 0 amide bonds. The van der Waals surface area contributed by atoms with Crippen LogP contribution in [0.1, 0.15) is 24.7 Å². The number of aliphatic hydroxyl groups is 1. The number of nitrogens with zero attached hydrogens (tertiary/aromatic N) is 2. The summed E-state index contributed by atoms with van der Waals surface area (Å²) in [7, 11) is 0. The maximum Gasteiger partial charge on any atom is 0.246 e. The Morgan fingerprint density at radius 2 is 2.11 bits per heavy atom. The van der Waals surface area contributed by atoms with E-state index in [2.05, 4.69) is 10.1 Å². The number of para-hydroxylation sites is 1. The average molecular weight is 263 g/mol. The minimum atomic E-state index is -0.728. The van der Waals surface area contributed by atoms with E-state index in [9.17, 15) is 5.11 Å². The van der Waals surface area contributed by atoms with E-state index < -0.39 is 12.1 Å². The second-order valence-corrected chi connectivity index (χ2v) is 4.23. The summed E-state index contributed by atoms with van der Waals surface area (Å²) in [5.41, 5.74) is 5.69. The fourth-order valence-electron chi connectivity index (χ4n) is 1.49. The molecule has 19 heavy (non-hydrogen) atoms. The Balaban J connectivity index is 1.84. The molecule has 0 saturated carbocycles. The van der Waals surface area contributed by atoms with Crippen molar-refractivity contribution in [1.82, 2.24) is 10.1 Å². The Morgan fingerprint density at radius 1 is 1.37 bits per heavy atom. The third-order valence-electron chi connectivity index (χ3n) is 2.63. The van der Waals surface area contributed by atoms with Crippen molar-refractivity contribution in [2.75, 3.05) is 6.61 Å². The first-order chi connectivity index (χ1) is 9.16. The molecule has 2 atom stereocenters. The van der Waals surface area contributed by atoms with E-state index in [0.717, 1.165) is 5.75 Å². The third-order valence-corrected chi connectivity index (χ3v) is 2.63. The first kappa shape index (κ1) is 13.5. The predicted molar refractivity (Wildman–Crippen MR) is 68.5 cm³/mol. The Morgan fingerprint density at radius 3 is 2.79 bits per heavy atom. The van der Waals surface area contributed by atoms with Gasteiger partial charge in [0, 0.05) is 6.42 Å². The zero-order chi connectivity index (χ0) is 13.7. The molecule has 102 valence electrons. The Labute approximate surface area is 111 Å². The minimum absolute atomic E-state index is 0.240. The molecule has 2 rings (SSSR count). The van der Waals surface area contributed by atoms with Crippen molar-refractivity contribution in [3.05, 3.63) is 42.0 Å². The molecule has 0 spiro atoms. The van der Waals surface area contributed by atoms with Gasteiger partial charge in [-0.15, -0.1) is 0 Å². The molecule has 6 nitrogen and oxygen atoms in total. The van der Waals surface area contributed by atoms with Crippen LogP contribution in [0, 0.1) is 0 Å². The number of benzene rings is 1. The molecule has 1 heterocycles. The summed E-state index contributed by atoms with van der Waals surface area (Å²) in [6.45, 7) is 2.03. The summed E-state index contributed by atoms with van der Waals surface area (Å²) in [6.07, 6.45) is -0.209. The van der Waals surface area contributed by atoms with Gasteiger partial charge in [0.15, 0.2) is 5.82 Å². The van der Waals surface area contributed by atoms with E-state index in [1.807, 2.05) is 30.3 Å². The molecule has 0 radical (unpaired) electrons. The lowest BCUT2D eigenvalue weighted by atomic mass is 10.2. The smallest absolute Gasteiger partial charge is 0.246 e. The summed E-state index contributed by atoms with van der Waals surface area (Å²) in [5, 5.41) is 13.1. The normalized spacial score (nSPS) is 14.1. The van der Waals surface area contributed by atoms with Gasteiger partial charge in [-0.05, 0) is 19.1 Å². The van der Waals surface area contributed by atoms with Crippen LogP contribution < -0.4 is 10.5 Å². The van der Waals surface area contributed by atoms with Gasteiger partial charge in [-0.2, -0.15) is 4.98 Å². The number of aliphatic hydroxyl groups excluding tert-OH is 1. The van der Waals surface area contributed by atoms with Crippen molar-refractivity contribution in [1.29, 1.82) is 0 Å². The minimum Gasteiger partial charge on any atom is -0.493 e. The number of hydrogen-bond donors (Lipinski definition) is 2. The Hall–Kier alpha value is -1.92. The molecular formula is C13H17N3O3. The summed E-state index contributed by atoms with van der Waals surface area (Å²) in [6, 6.07) is 8.84. The molecule has 0 aliphatic heterocycles. The van der Waals surface area contributed by atoms with E-state index in [-0.39, 0.29) is 5.89 Å². The Bertz CT molecular complexity index is 499. The summed E-state index contributed by atoms with van der Waals surface area (Å²) >= 11 is 0. The standard InChI is InChI=1S/C13H17N3O3/c1-9(17)12(14)13-15-11(16-19-13)7-8-18-10-5-3-2-4-6-10/h2-6,9,12,17H,7-8,14H2,1H3/t9-,12+/m1/s1. The molecule has 0 unspecified atom stereocenters. The quantitative estimate of drug-likeness (QED) is 0.809. The van der Waals surface area contributed by atoms with Crippen LogP contribution in [-0.2, 0) is 6.42 Å². The lowest BCUT2D eigenvalue weighted by Gasteiger charge is -2.08. The first-order valence-electron chi connectivity index (χ1n) is 6.11. The number of nitrogens with two attached hydrogens (primary N) is 1. The zero-order valence-electron chi connectivity index (χ0n) is 10.7. The highest BCUT2D eigenvalue weighted by Gasteiger charge is 2.19. The van der Waals surface area contributed by atoms with E-state index in [1.54, 1.807) is 6.92 Å².